The van der Waals surface area contributed by atoms with Gasteiger partial charge >= 0.3 is 0 Å². The summed E-state index contributed by atoms with van der Waals surface area (Å²) in [6.45, 7) is 17.0. The summed E-state index contributed by atoms with van der Waals surface area (Å²) in [7, 11) is 0. The average Bonchev–Trinajstić information content (AvgIpc) is 2.16. The van der Waals surface area contributed by atoms with Gasteiger partial charge in [-0.3, -0.25) is 0 Å². The Kier molecular flexibility index (Phi) is 4.88. The minimum absolute atomic E-state index is 0.859. The molecule has 1 rings (SSSR count). The molecule has 0 bridgehead atoms. The summed E-state index contributed by atoms with van der Waals surface area (Å²) in [5, 5.41) is 0. The lowest BCUT2D eigenvalue weighted by atomic mass is 9.60. The molecule has 0 nitrogen and oxygen atoms in total. The van der Waals surface area contributed by atoms with Gasteiger partial charge < -0.3 is 0 Å². The number of hydrogen-bond donors (Lipinski definition) is 0. The molecule has 1 fully saturated rings. The first-order valence-corrected chi connectivity index (χ1v) is 7.34. The number of rotatable bonds is 3. The monoisotopic (exact) mass is 224 g/mol. The topological polar surface area (TPSA) is 0 Å². The molecule has 0 saturated heterocycles. The summed E-state index contributed by atoms with van der Waals surface area (Å²) >= 11 is 0. The zero-order valence-electron chi connectivity index (χ0n) is 12.5. The molecule has 1 aliphatic carbocycles. The molecule has 0 spiro atoms. The number of hydrogen-bond acceptors (Lipinski definition) is 0. The summed E-state index contributed by atoms with van der Waals surface area (Å²) in [5.74, 6) is 6.39. The molecule has 0 heterocycles. The minimum atomic E-state index is 0.859. The lowest BCUT2D eigenvalue weighted by Crippen LogP contribution is -2.37. The van der Waals surface area contributed by atoms with Crippen LogP contribution in [0, 0.1) is 41.4 Å². The Balaban J connectivity index is 2.80. The SMILES string of the molecule is CC(C)C1CC(C(C)C)C(C)C(C(C)C)C1. The highest BCUT2D eigenvalue weighted by Crippen LogP contribution is 2.46. The van der Waals surface area contributed by atoms with E-state index in [1.165, 1.54) is 12.8 Å². The van der Waals surface area contributed by atoms with Crippen molar-refractivity contribution in [3.8, 4) is 0 Å². The molecule has 0 heteroatoms. The van der Waals surface area contributed by atoms with Crippen molar-refractivity contribution < 1.29 is 0 Å². The zero-order chi connectivity index (χ0) is 12.5. The highest BCUT2D eigenvalue weighted by molar-refractivity contribution is 4.87. The van der Waals surface area contributed by atoms with Crippen LogP contribution in [0.1, 0.15) is 61.3 Å². The van der Waals surface area contributed by atoms with E-state index in [-0.39, 0.29) is 0 Å². The Morgan fingerprint density at radius 2 is 1.06 bits per heavy atom. The summed E-state index contributed by atoms with van der Waals surface area (Å²) in [6, 6.07) is 0. The first kappa shape index (κ1) is 14.1. The maximum atomic E-state index is 2.51. The predicted molar refractivity (Wildman–Crippen MR) is 73.4 cm³/mol. The molecule has 96 valence electrons. The van der Waals surface area contributed by atoms with Crippen molar-refractivity contribution in [1.29, 1.82) is 0 Å². The maximum absolute atomic E-state index is 2.51. The molecule has 0 aromatic heterocycles. The lowest BCUT2D eigenvalue weighted by molar-refractivity contribution is 0.0415. The van der Waals surface area contributed by atoms with Crippen LogP contribution in [0.4, 0.5) is 0 Å². The fourth-order valence-electron chi connectivity index (χ4n) is 3.85. The van der Waals surface area contributed by atoms with Gasteiger partial charge in [0.05, 0.1) is 0 Å². The summed E-state index contributed by atoms with van der Waals surface area (Å²) in [4.78, 5) is 0. The van der Waals surface area contributed by atoms with Gasteiger partial charge in [-0.15, -0.1) is 0 Å². The Morgan fingerprint density at radius 1 is 0.688 bits per heavy atom. The van der Waals surface area contributed by atoms with E-state index in [1.54, 1.807) is 0 Å². The Bertz CT molecular complexity index is 184. The first-order chi connectivity index (χ1) is 7.34. The van der Waals surface area contributed by atoms with Gasteiger partial charge in [-0.1, -0.05) is 48.5 Å². The third-order valence-corrected chi connectivity index (χ3v) is 5.16. The van der Waals surface area contributed by atoms with Gasteiger partial charge in [0.25, 0.3) is 0 Å². The second-order valence-electron chi connectivity index (χ2n) is 7.15. The minimum Gasteiger partial charge on any atom is -0.0625 e. The van der Waals surface area contributed by atoms with Crippen LogP contribution in [-0.2, 0) is 0 Å². The third-order valence-electron chi connectivity index (χ3n) is 5.16. The second-order valence-corrected chi connectivity index (χ2v) is 7.15. The van der Waals surface area contributed by atoms with Crippen molar-refractivity contribution in [3.05, 3.63) is 0 Å². The standard InChI is InChI=1S/C16H32/c1-10(2)14-8-15(11(3)4)13(7)16(9-14)12(5)6/h10-16H,8-9H2,1-7H3. The molecular formula is C16H32. The van der Waals surface area contributed by atoms with Crippen molar-refractivity contribution in [3.63, 3.8) is 0 Å². The summed E-state index contributed by atoms with van der Waals surface area (Å²) < 4.78 is 0. The van der Waals surface area contributed by atoms with Crippen molar-refractivity contribution in [1.82, 2.24) is 0 Å². The van der Waals surface area contributed by atoms with Gasteiger partial charge in [-0.25, -0.2) is 0 Å². The lowest BCUT2D eigenvalue weighted by Gasteiger charge is -2.45. The quantitative estimate of drug-likeness (QED) is 0.615. The van der Waals surface area contributed by atoms with Gasteiger partial charge in [-0.2, -0.15) is 0 Å². The van der Waals surface area contributed by atoms with E-state index in [0.29, 0.717) is 0 Å². The van der Waals surface area contributed by atoms with Gasteiger partial charge in [0.2, 0.25) is 0 Å². The maximum Gasteiger partial charge on any atom is -0.0360 e. The van der Waals surface area contributed by atoms with Crippen LogP contribution in [0.3, 0.4) is 0 Å². The van der Waals surface area contributed by atoms with E-state index in [2.05, 4.69) is 48.5 Å². The van der Waals surface area contributed by atoms with Gasteiger partial charge in [-0.05, 0) is 54.3 Å². The molecule has 16 heavy (non-hydrogen) atoms. The van der Waals surface area contributed by atoms with Crippen LogP contribution in [0.25, 0.3) is 0 Å². The van der Waals surface area contributed by atoms with Crippen LogP contribution < -0.4 is 0 Å². The molecule has 0 radical (unpaired) electrons. The van der Waals surface area contributed by atoms with Crippen LogP contribution in [-0.4, -0.2) is 0 Å². The van der Waals surface area contributed by atoms with Crippen LogP contribution >= 0.6 is 0 Å². The molecule has 0 N–H and O–H groups in total. The molecule has 1 saturated carbocycles. The molecule has 2 unspecified atom stereocenters. The molecular weight excluding hydrogens is 192 g/mol. The van der Waals surface area contributed by atoms with Gasteiger partial charge in [0, 0.05) is 0 Å². The molecule has 0 aromatic carbocycles. The van der Waals surface area contributed by atoms with E-state index < -0.39 is 0 Å². The van der Waals surface area contributed by atoms with Crippen LogP contribution in [0.2, 0.25) is 0 Å². The highest BCUT2D eigenvalue weighted by Gasteiger charge is 2.38. The summed E-state index contributed by atoms with van der Waals surface area (Å²) in [6.07, 6.45) is 2.94. The van der Waals surface area contributed by atoms with Gasteiger partial charge in [0.15, 0.2) is 0 Å². The molecule has 1 aliphatic rings. The summed E-state index contributed by atoms with van der Waals surface area (Å²) in [5.41, 5.74) is 0. The van der Waals surface area contributed by atoms with Crippen LogP contribution in [0.5, 0.6) is 0 Å². The second kappa shape index (κ2) is 5.56. The van der Waals surface area contributed by atoms with E-state index in [4.69, 9.17) is 0 Å². The Labute approximate surface area is 103 Å². The normalized spacial score (nSPS) is 36.4. The molecule has 2 atom stereocenters. The molecule has 0 aromatic rings. The highest BCUT2D eigenvalue weighted by atomic mass is 14.4. The smallest absolute Gasteiger partial charge is 0.0360 e. The van der Waals surface area contributed by atoms with Crippen molar-refractivity contribution in [2.24, 2.45) is 41.4 Å². The van der Waals surface area contributed by atoms with E-state index in [0.717, 1.165) is 41.4 Å². The molecule has 0 aliphatic heterocycles. The van der Waals surface area contributed by atoms with Crippen LogP contribution in [0.15, 0.2) is 0 Å². The Hall–Kier alpha value is 0. The van der Waals surface area contributed by atoms with E-state index in [1.807, 2.05) is 0 Å². The third kappa shape index (κ3) is 3.02. The van der Waals surface area contributed by atoms with E-state index in [9.17, 15) is 0 Å². The Morgan fingerprint density at radius 3 is 1.31 bits per heavy atom. The predicted octanol–water partition coefficient (Wildman–Crippen LogP) is 5.23. The van der Waals surface area contributed by atoms with Gasteiger partial charge in [0.1, 0.15) is 0 Å². The fourth-order valence-corrected chi connectivity index (χ4v) is 3.85. The van der Waals surface area contributed by atoms with Crippen molar-refractivity contribution in [2.45, 2.75) is 61.3 Å². The largest absolute Gasteiger partial charge is 0.0625 e. The molecule has 0 amide bonds. The van der Waals surface area contributed by atoms with Crippen molar-refractivity contribution in [2.75, 3.05) is 0 Å². The first-order valence-electron chi connectivity index (χ1n) is 7.34. The average molecular weight is 224 g/mol. The van der Waals surface area contributed by atoms with E-state index >= 15 is 0 Å². The zero-order valence-corrected chi connectivity index (χ0v) is 12.5. The fraction of sp³-hybridized carbons (Fsp3) is 1.00. The van der Waals surface area contributed by atoms with Crippen molar-refractivity contribution >= 4 is 0 Å².